The molecule has 2 bridgehead atoms. The van der Waals surface area contributed by atoms with Crippen LogP contribution in [0.1, 0.15) is 19.3 Å². The SMILES string of the molecule is N#C[C@H]1C[C@@H]2C=C[C@@H]1CC2. The topological polar surface area (TPSA) is 23.8 Å². The van der Waals surface area contributed by atoms with Crippen LogP contribution in [-0.4, -0.2) is 0 Å². The summed E-state index contributed by atoms with van der Waals surface area (Å²) in [6.07, 6.45) is 8.23. The lowest BCUT2D eigenvalue weighted by atomic mass is 9.70. The minimum atomic E-state index is 0.337. The average Bonchev–Trinajstić information content (AvgIpc) is 2.06. The van der Waals surface area contributed by atoms with E-state index in [-0.39, 0.29) is 0 Å². The molecule has 0 aromatic heterocycles. The Hall–Kier alpha value is -0.770. The smallest absolute Gasteiger partial charge is 0.0662 e. The minimum absolute atomic E-state index is 0.337. The molecule has 3 aliphatic rings. The first-order chi connectivity index (χ1) is 4.90. The first-order valence-electron chi connectivity index (χ1n) is 3.98. The van der Waals surface area contributed by atoms with Crippen LogP contribution in [0.3, 0.4) is 0 Å². The number of nitriles is 1. The molecule has 1 fully saturated rings. The van der Waals surface area contributed by atoms with Gasteiger partial charge in [-0.25, -0.2) is 0 Å². The minimum Gasteiger partial charge on any atom is -0.198 e. The molecule has 0 aromatic rings. The number of fused-ring (bicyclic) bond motifs is 2. The first-order valence-corrected chi connectivity index (χ1v) is 3.98. The van der Waals surface area contributed by atoms with Crippen LogP contribution < -0.4 is 0 Å². The average molecular weight is 133 g/mol. The van der Waals surface area contributed by atoms with Crippen molar-refractivity contribution in [1.82, 2.24) is 0 Å². The lowest BCUT2D eigenvalue weighted by Crippen LogP contribution is -2.25. The second-order valence-electron chi connectivity index (χ2n) is 3.36. The highest BCUT2D eigenvalue weighted by atomic mass is 14.4. The van der Waals surface area contributed by atoms with E-state index in [9.17, 15) is 0 Å². The Morgan fingerprint density at radius 3 is 2.50 bits per heavy atom. The summed E-state index contributed by atoms with van der Waals surface area (Å²) in [7, 11) is 0. The fourth-order valence-corrected chi connectivity index (χ4v) is 2.08. The maximum atomic E-state index is 8.73. The highest BCUT2D eigenvalue weighted by Gasteiger charge is 2.31. The van der Waals surface area contributed by atoms with Crippen LogP contribution in [0.25, 0.3) is 0 Å². The molecule has 0 aromatic carbocycles. The van der Waals surface area contributed by atoms with Crippen molar-refractivity contribution in [2.24, 2.45) is 17.8 Å². The lowest BCUT2D eigenvalue weighted by molar-refractivity contribution is 0.269. The van der Waals surface area contributed by atoms with Crippen molar-refractivity contribution in [3.05, 3.63) is 12.2 Å². The molecule has 52 valence electrons. The van der Waals surface area contributed by atoms with E-state index in [1.54, 1.807) is 0 Å². The van der Waals surface area contributed by atoms with Crippen LogP contribution in [0.4, 0.5) is 0 Å². The predicted molar refractivity (Wildman–Crippen MR) is 39.1 cm³/mol. The van der Waals surface area contributed by atoms with Gasteiger partial charge in [0.05, 0.1) is 12.0 Å². The van der Waals surface area contributed by atoms with E-state index >= 15 is 0 Å². The van der Waals surface area contributed by atoms with Gasteiger partial charge in [-0.05, 0) is 31.1 Å². The van der Waals surface area contributed by atoms with Gasteiger partial charge < -0.3 is 0 Å². The molecule has 0 radical (unpaired) electrons. The summed E-state index contributed by atoms with van der Waals surface area (Å²) in [5.74, 6) is 1.66. The van der Waals surface area contributed by atoms with Crippen LogP contribution in [0.2, 0.25) is 0 Å². The van der Waals surface area contributed by atoms with Gasteiger partial charge in [0.2, 0.25) is 0 Å². The molecule has 0 spiro atoms. The van der Waals surface area contributed by atoms with Crippen LogP contribution in [0, 0.1) is 29.1 Å². The van der Waals surface area contributed by atoms with E-state index in [1.807, 2.05) is 0 Å². The Labute approximate surface area is 61.4 Å². The van der Waals surface area contributed by atoms with Crippen molar-refractivity contribution in [3.8, 4) is 6.07 Å². The van der Waals surface area contributed by atoms with Crippen molar-refractivity contribution < 1.29 is 0 Å². The largest absolute Gasteiger partial charge is 0.198 e. The Morgan fingerprint density at radius 2 is 2.20 bits per heavy atom. The third-order valence-corrected chi connectivity index (χ3v) is 2.74. The molecule has 3 aliphatic carbocycles. The standard InChI is InChI=1S/C9H11N/c10-6-9-5-7-1-3-8(9)4-2-7/h1,3,7-9H,2,4-5H2/t7-,8-,9-/m1/s1. The summed E-state index contributed by atoms with van der Waals surface area (Å²) in [6.45, 7) is 0. The number of hydrogen-bond donors (Lipinski definition) is 0. The molecular formula is C9H11N. The molecule has 3 rings (SSSR count). The van der Waals surface area contributed by atoms with Crippen LogP contribution in [0.5, 0.6) is 0 Å². The maximum Gasteiger partial charge on any atom is 0.0662 e. The summed E-state index contributed by atoms with van der Waals surface area (Å²) in [5.41, 5.74) is 0. The van der Waals surface area contributed by atoms with Gasteiger partial charge in [-0.3, -0.25) is 0 Å². The van der Waals surface area contributed by atoms with E-state index in [1.165, 1.54) is 12.8 Å². The van der Waals surface area contributed by atoms with E-state index < -0.39 is 0 Å². The Morgan fingerprint density at radius 1 is 1.30 bits per heavy atom. The Balaban J connectivity index is 2.21. The van der Waals surface area contributed by atoms with E-state index in [4.69, 9.17) is 5.26 Å². The van der Waals surface area contributed by atoms with Crippen molar-refractivity contribution in [2.75, 3.05) is 0 Å². The van der Waals surface area contributed by atoms with Crippen molar-refractivity contribution in [1.29, 1.82) is 5.26 Å². The highest BCUT2D eigenvalue weighted by molar-refractivity contribution is 5.10. The fourth-order valence-electron chi connectivity index (χ4n) is 2.08. The van der Waals surface area contributed by atoms with E-state index in [0.717, 1.165) is 12.3 Å². The zero-order chi connectivity index (χ0) is 6.97. The molecule has 1 nitrogen and oxygen atoms in total. The summed E-state index contributed by atoms with van der Waals surface area (Å²) >= 11 is 0. The molecule has 0 aliphatic heterocycles. The zero-order valence-electron chi connectivity index (χ0n) is 5.96. The van der Waals surface area contributed by atoms with Crippen molar-refractivity contribution >= 4 is 0 Å². The van der Waals surface area contributed by atoms with Gasteiger partial charge in [-0.1, -0.05) is 12.2 Å². The maximum absolute atomic E-state index is 8.73. The van der Waals surface area contributed by atoms with Crippen LogP contribution in [0.15, 0.2) is 12.2 Å². The van der Waals surface area contributed by atoms with Crippen molar-refractivity contribution in [3.63, 3.8) is 0 Å². The third kappa shape index (κ3) is 0.759. The van der Waals surface area contributed by atoms with Crippen LogP contribution in [-0.2, 0) is 0 Å². The molecule has 1 heteroatoms. The molecule has 0 amide bonds. The Bertz CT molecular complexity index is 199. The number of allylic oxidation sites excluding steroid dienone is 2. The molecule has 0 saturated heterocycles. The lowest BCUT2D eigenvalue weighted by Gasteiger charge is -2.33. The van der Waals surface area contributed by atoms with Gasteiger partial charge in [-0.2, -0.15) is 5.26 Å². The zero-order valence-corrected chi connectivity index (χ0v) is 5.96. The third-order valence-electron chi connectivity index (χ3n) is 2.74. The predicted octanol–water partition coefficient (Wildman–Crippen LogP) is 2.11. The molecule has 3 atom stereocenters. The monoisotopic (exact) mass is 133 g/mol. The first kappa shape index (κ1) is 5.97. The quantitative estimate of drug-likeness (QED) is 0.464. The normalized spacial score (nSPS) is 43.3. The molecule has 10 heavy (non-hydrogen) atoms. The van der Waals surface area contributed by atoms with Gasteiger partial charge in [-0.15, -0.1) is 0 Å². The van der Waals surface area contributed by atoms with Gasteiger partial charge in [0.25, 0.3) is 0 Å². The fraction of sp³-hybridized carbons (Fsp3) is 0.667. The van der Waals surface area contributed by atoms with Crippen molar-refractivity contribution in [2.45, 2.75) is 19.3 Å². The highest BCUT2D eigenvalue weighted by Crippen LogP contribution is 2.39. The van der Waals surface area contributed by atoms with Crippen LogP contribution >= 0.6 is 0 Å². The second-order valence-corrected chi connectivity index (χ2v) is 3.36. The van der Waals surface area contributed by atoms with Gasteiger partial charge in [0.15, 0.2) is 0 Å². The Kier molecular flexibility index (Phi) is 1.27. The molecule has 0 unspecified atom stereocenters. The number of rotatable bonds is 0. The van der Waals surface area contributed by atoms with Gasteiger partial charge in [0, 0.05) is 0 Å². The van der Waals surface area contributed by atoms with E-state index in [2.05, 4.69) is 18.2 Å². The van der Waals surface area contributed by atoms with Gasteiger partial charge in [0.1, 0.15) is 0 Å². The molecule has 1 saturated carbocycles. The summed E-state index contributed by atoms with van der Waals surface area (Å²) in [4.78, 5) is 0. The molecule has 0 N–H and O–H groups in total. The number of nitrogens with zero attached hydrogens (tertiary/aromatic N) is 1. The summed E-state index contributed by atoms with van der Waals surface area (Å²) in [5, 5.41) is 8.73. The summed E-state index contributed by atoms with van der Waals surface area (Å²) < 4.78 is 0. The van der Waals surface area contributed by atoms with E-state index in [0.29, 0.717) is 11.8 Å². The molecule has 0 heterocycles. The summed E-state index contributed by atoms with van der Waals surface area (Å²) in [6, 6.07) is 2.38. The number of hydrogen-bond acceptors (Lipinski definition) is 1. The second kappa shape index (κ2) is 2.12. The molecular weight excluding hydrogens is 122 g/mol. The van der Waals surface area contributed by atoms with Gasteiger partial charge >= 0.3 is 0 Å².